The van der Waals surface area contributed by atoms with Gasteiger partial charge < -0.3 is 20.5 Å². The normalized spacial score (nSPS) is 10.4. The fourth-order valence-corrected chi connectivity index (χ4v) is 1.45. The molecule has 19 heavy (non-hydrogen) atoms. The van der Waals surface area contributed by atoms with Crippen LogP contribution in [-0.2, 0) is 9.47 Å². The molecule has 0 saturated carbocycles. The van der Waals surface area contributed by atoms with Gasteiger partial charge in [0.1, 0.15) is 0 Å². The van der Waals surface area contributed by atoms with Crippen molar-refractivity contribution < 1.29 is 14.3 Å². The molecule has 0 unspecified atom stereocenters. The van der Waals surface area contributed by atoms with Crippen LogP contribution in [0.4, 0.5) is 0 Å². The lowest BCUT2D eigenvalue weighted by Gasteiger charge is -2.07. The van der Waals surface area contributed by atoms with E-state index in [0.717, 1.165) is 5.56 Å². The van der Waals surface area contributed by atoms with Gasteiger partial charge in [-0.2, -0.15) is 0 Å². The Kier molecular flexibility index (Phi) is 7.81. The van der Waals surface area contributed by atoms with Gasteiger partial charge in [-0.3, -0.25) is 4.79 Å². The Morgan fingerprint density at radius 2 is 1.74 bits per heavy atom. The second-order valence-electron chi connectivity index (χ2n) is 4.14. The number of nitrogens with two attached hydrogens (primary N) is 1. The summed E-state index contributed by atoms with van der Waals surface area (Å²) in [6.07, 6.45) is 0. The van der Waals surface area contributed by atoms with Gasteiger partial charge in [0, 0.05) is 18.7 Å². The fourth-order valence-electron chi connectivity index (χ4n) is 1.45. The van der Waals surface area contributed by atoms with Gasteiger partial charge in [-0.1, -0.05) is 17.7 Å². The van der Waals surface area contributed by atoms with Gasteiger partial charge >= 0.3 is 0 Å². The number of amides is 1. The van der Waals surface area contributed by atoms with Crippen molar-refractivity contribution in [2.75, 3.05) is 39.5 Å². The van der Waals surface area contributed by atoms with E-state index in [4.69, 9.17) is 15.2 Å². The molecule has 0 saturated heterocycles. The van der Waals surface area contributed by atoms with Gasteiger partial charge in [-0.15, -0.1) is 0 Å². The van der Waals surface area contributed by atoms with Crippen LogP contribution in [-0.4, -0.2) is 45.4 Å². The number of hydrogen-bond acceptors (Lipinski definition) is 4. The molecule has 0 aromatic heterocycles. The first-order valence-corrected chi connectivity index (χ1v) is 6.44. The molecule has 106 valence electrons. The van der Waals surface area contributed by atoms with Crippen LogP contribution in [0.3, 0.4) is 0 Å². The van der Waals surface area contributed by atoms with Gasteiger partial charge in [-0.05, 0) is 19.1 Å². The van der Waals surface area contributed by atoms with Crippen molar-refractivity contribution in [1.82, 2.24) is 5.32 Å². The summed E-state index contributed by atoms with van der Waals surface area (Å²) in [6.45, 7) is 5.07. The number of benzene rings is 1. The smallest absolute Gasteiger partial charge is 0.251 e. The van der Waals surface area contributed by atoms with Gasteiger partial charge in [0.2, 0.25) is 0 Å². The first-order valence-electron chi connectivity index (χ1n) is 6.44. The van der Waals surface area contributed by atoms with Crippen LogP contribution >= 0.6 is 0 Å². The second-order valence-corrected chi connectivity index (χ2v) is 4.14. The third kappa shape index (κ3) is 6.91. The van der Waals surface area contributed by atoms with Crippen molar-refractivity contribution >= 4 is 5.91 Å². The average Bonchev–Trinajstić information content (AvgIpc) is 2.42. The topological polar surface area (TPSA) is 73.6 Å². The Bertz CT molecular complexity index is 365. The zero-order valence-electron chi connectivity index (χ0n) is 11.4. The summed E-state index contributed by atoms with van der Waals surface area (Å²) in [5, 5.41) is 2.80. The summed E-state index contributed by atoms with van der Waals surface area (Å²) in [6, 6.07) is 7.46. The van der Waals surface area contributed by atoms with Gasteiger partial charge in [-0.25, -0.2) is 0 Å². The Balaban J connectivity index is 2.06. The van der Waals surface area contributed by atoms with E-state index in [9.17, 15) is 4.79 Å². The maximum Gasteiger partial charge on any atom is 0.251 e. The molecule has 0 fully saturated rings. The lowest BCUT2D eigenvalue weighted by Crippen LogP contribution is -2.27. The minimum atomic E-state index is -0.0806. The van der Waals surface area contributed by atoms with Crippen LogP contribution in [0.25, 0.3) is 0 Å². The molecule has 0 aliphatic heterocycles. The molecular formula is C14H22N2O3. The molecule has 0 radical (unpaired) electrons. The maximum absolute atomic E-state index is 11.7. The van der Waals surface area contributed by atoms with Crippen LogP contribution in [0.5, 0.6) is 0 Å². The number of aryl methyl sites for hydroxylation is 1. The molecule has 0 spiro atoms. The number of carbonyl (C=O) groups is 1. The third-order valence-corrected chi connectivity index (χ3v) is 2.48. The fraction of sp³-hybridized carbons (Fsp3) is 0.500. The van der Waals surface area contributed by atoms with E-state index < -0.39 is 0 Å². The molecule has 5 heteroatoms. The number of carbonyl (C=O) groups excluding carboxylic acids is 1. The van der Waals surface area contributed by atoms with E-state index >= 15 is 0 Å². The SMILES string of the molecule is Cc1ccc(C(=O)NCCOCCOCCN)cc1. The van der Waals surface area contributed by atoms with Crippen molar-refractivity contribution in [2.24, 2.45) is 5.73 Å². The molecular weight excluding hydrogens is 244 g/mol. The lowest BCUT2D eigenvalue weighted by atomic mass is 10.1. The highest BCUT2D eigenvalue weighted by molar-refractivity contribution is 5.94. The molecule has 1 rings (SSSR count). The van der Waals surface area contributed by atoms with Crippen LogP contribution < -0.4 is 11.1 Å². The molecule has 5 nitrogen and oxygen atoms in total. The number of hydrogen-bond donors (Lipinski definition) is 2. The maximum atomic E-state index is 11.7. The van der Waals surface area contributed by atoms with Crippen LogP contribution in [0.1, 0.15) is 15.9 Å². The number of ether oxygens (including phenoxy) is 2. The van der Waals surface area contributed by atoms with E-state index in [-0.39, 0.29) is 5.91 Å². The standard InChI is InChI=1S/C14H22N2O3/c1-12-2-4-13(5-3-12)14(17)16-7-9-19-11-10-18-8-6-15/h2-5H,6-11,15H2,1H3,(H,16,17). The van der Waals surface area contributed by atoms with E-state index in [1.54, 1.807) is 0 Å². The third-order valence-electron chi connectivity index (χ3n) is 2.48. The Hall–Kier alpha value is -1.43. The summed E-state index contributed by atoms with van der Waals surface area (Å²) in [5.74, 6) is -0.0806. The van der Waals surface area contributed by atoms with Gasteiger partial charge in [0.25, 0.3) is 5.91 Å². The predicted molar refractivity (Wildman–Crippen MR) is 74.2 cm³/mol. The zero-order chi connectivity index (χ0) is 13.9. The summed E-state index contributed by atoms with van der Waals surface area (Å²) >= 11 is 0. The minimum Gasteiger partial charge on any atom is -0.378 e. The first kappa shape index (κ1) is 15.6. The molecule has 1 aromatic rings. The summed E-state index contributed by atoms with van der Waals surface area (Å²) in [5.41, 5.74) is 7.08. The van der Waals surface area contributed by atoms with E-state index in [0.29, 0.717) is 45.1 Å². The predicted octanol–water partition coefficient (Wildman–Crippen LogP) is 0.717. The molecule has 1 amide bonds. The largest absolute Gasteiger partial charge is 0.378 e. The minimum absolute atomic E-state index is 0.0806. The van der Waals surface area contributed by atoms with Crippen molar-refractivity contribution in [3.05, 3.63) is 35.4 Å². The monoisotopic (exact) mass is 266 g/mol. The highest BCUT2D eigenvalue weighted by Crippen LogP contribution is 2.02. The molecule has 0 atom stereocenters. The highest BCUT2D eigenvalue weighted by atomic mass is 16.5. The molecule has 0 aliphatic carbocycles. The first-order chi connectivity index (χ1) is 9.24. The molecule has 3 N–H and O–H groups in total. The molecule has 0 bridgehead atoms. The Morgan fingerprint density at radius 1 is 1.11 bits per heavy atom. The van der Waals surface area contributed by atoms with Crippen molar-refractivity contribution in [3.8, 4) is 0 Å². The highest BCUT2D eigenvalue weighted by Gasteiger charge is 2.03. The van der Waals surface area contributed by atoms with E-state index in [2.05, 4.69) is 5.32 Å². The van der Waals surface area contributed by atoms with Crippen LogP contribution in [0.2, 0.25) is 0 Å². The quantitative estimate of drug-likeness (QED) is 0.646. The second kappa shape index (κ2) is 9.49. The van der Waals surface area contributed by atoms with E-state index in [1.165, 1.54) is 0 Å². The van der Waals surface area contributed by atoms with Crippen LogP contribution in [0.15, 0.2) is 24.3 Å². The van der Waals surface area contributed by atoms with Crippen molar-refractivity contribution in [3.63, 3.8) is 0 Å². The Morgan fingerprint density at radius 3 is 2.37 bits per heavy atom. The van der Waals surface area contributed by atoms with Gasteiger partial charge in [0.05, 0.1) is 26.4 Å². The summed E-state index contributed by atoms with van der Waals surface area (Å²) < 4.78 is 10.5. The number of rotatable bonds is 9. The molecule has 1 aromatic carbocycles. The van der Waals surface area contributed by atoms with E-state index in [1.807, 2.05) is 31.2 Å². The summed E-state index contributed by atoms with van der Waals surface area (Å²) in [7, 11) is 0. The Labute approximate surface area is 114 Å². The van der Waals surface area contributed by atoms with Crippen molar-refractivity contribution in [1.29, 1.82) is 0 Å². The lowest BCUT2D eigenvalue weighted by molar-refractivity contribution is 0.0511. The average molecular weight is 266 g/mol. The summed E-state index contributed by atoms with van der Waals surface area (Å²) in [4.78, 5) is 11.7. The zero-order valence-corrected chi connectivity index (χ0v) is 11.4. The van der Waals surface area contributed by atoms with Crippen LogP contribution in [0, 0.1) is 6.92 Å². The molecule has 0 aliphatic rings. The number of nitrogens with one attached hydrogen (secondary N) is 1. The molecule has 0 heterocycles. The van der Waals surface area contributed by atoms with Crippen molar-refractivity contribution in [2.45, 2.75) is 6.92 Å². The van der Waals surface area contributed by atoms with Gasteiger partial charge in [0.15, 0.2) is 0 Å².